The minimum atomic E-state index is -0.350. The zero-order valence-electron chi connectivity index (χ0n) is 14.4. The van der Waals surface area contributed by atoms with Gasteiger partial charge in [-0.25, -0.2) is 4.79 Å². The zero-order chi connectivity index (χ0) is 18.5. The first kappa shape index (κ1) is 18.5. The van der Waals surface area contributed by atoms with Gasteiger partial charge in [-0.3, -0.25) is 0 Å². The highest BCUT2D eigenvalue weighted by Gasteiger charge is 2.19. The van der Waals surface area contributed by atoms with E-state index in [0.717, 1.165) is 36.9 Å². The molecule has 7 heteroatoms. The third-order valence-electron chi connectivity index (χ3n) is 4.32. The van der Waals surface area contributed by atoms with E-state index in [4.69, 9.17) is 28.6 Å². The van der Waals surface area contributed by atoms with Crippen LogP contribution in [0, 0.1) is 0 Å². The number of benzene rings is 2. The monoisotopic (exact) mass is 389 g/mol. The summed E-state index contributed by atoms with van der Waals surface area (Å²) in [5.41, 5.74) is 2.54. The van der Waals surface area contributed by atoms with Crippen LogP contribution in [0.3, 0.4) is 0 Å². The summed E-state index contributed by atoms with van der Waals surface area (Å²) in [5, 5.41) is 4.66. The number of ether oxygens (including phenoxy) is 1. The normalized spacial score (nSPS) is 14.1. The Hall–Kier alpha value is -2.31. The highest BCUT2D eigenvalue weighted by molar-refractivity contribution is 7.80. The molecule has 1 N–H and O–H groups in total. The first-order chi connectivity index (χ1) is 12.6. The number of thiocarbonyl (C=S) groups is 1. The number of piperazine rings is 1. The summed E-state index contributed by atoms with van der Waals surface area (Å²) in [5.74, 6) is -0.350. The number of hydrogen-bond donors (Lipinski definition) is 1. The Balaban J connectivity index is 1.53. The van der Waals surface area contributed by atoms with Crippen molar-refractivity contribution in [1.29, 1.82) is 0 Å². The summed E-state index contributed by atoms with van der Waals surface area (Å²) in [4.78, 5) is 15.9. The van der Waals surface area contributed by atoms with Gasteiger partial charge in [-0.1, -0.05) is 11.6 Å². The van der Waals surface area contributed by atoms with Gasteiger partial charge in [-0.05, 0) is 60.7 Å². The van der Waals surface area contributed by atoms with Gasteiger partial charge in [0.05, 0.1) is 12.7 Å². The van der Waals surface area contributed by atoms with Crippen molar-refractivity contribution in [2.75, 3.05) is 43.5 Å². The van der Waals surface area contributed by atoms with E-state index in [0.29, 0.717) is 10.7 Å². The van der Waals surface area contributed by atoms with Crippen molar-refractivity contribution in [3.63, 3.8) is 0 Å². The van der Waals surface area contributed by atoms with Crippen LogP contribution in [0.2, 0.25) is 5.02 Å². The van der Waals surface area contributed by atoms with E-state index in [1.165, 1.54) is 12.8 Å². The van der Waals surface area contributed by atoms with E-state index in [-0.39, 0.29) is 5.97 Å². The quantitative estimate of drug-likeness (QED) is 0.638. The molecule has 2 aromatic carbocycles. The molecular weight excluding hydrogens is 370 g/mol. The average molecular weight is 390 g/mol. The van der Waals surface area contributed by atoms with Gasteiger partial charge in [0.2, 0.25) is 0 Å². The largest absolute Gasteiger partial charge is 0.465 e. The molecule has 0 aliphatic carbocycles. The van der Waals surface area contributed by atoms with Gasteiger partial charge in [0.15, 0.2) is 5.11 Å². The molecule has 0 radical (unpaired) electrons. The summed E-state index contributed by atoms with van der Waals surface area (Å²) >= 11 is 11.5. The number of methoxy groups -OCH3 is 1. The Morgan fingerprint density at radius 1 is 1.04 bits per heavy atom. The molecular formula is C19H20ClN3O2S. The predicted molar refractivity (Wildman–Crippen MR) is 109 cm³/mol. The lowest BCUT2D eigenvalue weighted by molar-refractivity contribution is 0.0601. The standard InChI is InChI=1S/C19H20ClN3O2S/c1-25-18(24)14-2-6-16(7-3-14)21-19(26)23-12-10-22(11-13-23)17-8-4-15(20)5-9-17/h2-9H,10-13H2,1H3,(H,21,26). The molecule has 0 atom stereocenters. The van der Waals surface area contributed by atoms with Crippen LogP contribution in [-0.2, 0) is 4.74 Å². The Bertz CT molecular complexity index is 772. The Morgan fingerprint density at radius 3 is 2.23 bits per heavy atom. The van der Waals surface area contributed by atoms with Gasteiger partial charge >= 0.3 is 5.97 Å². The van der Waals surface area contributed by atoms with E-state index in [1.807, 2.05) is 36.4 Å². The smallest absolute Gasteiger partial charge is 0.337 e. The molecule has 2 aromatic rings. The molecule has 0 spiro atoms. The van der Waals surface area contributed by atoms with Gasteiger partial charge in [-0.2, -0.15) is 0 Å². The Kier molecular flexibility index (Phi) is 5.96. The first-order valence-corrected chi connectivity index (χ1v) is 9.10. The molecule has 3 rings (SSSR count). The molecule has 136 valence electrons. The minimum absolute atomic E-state index is 0.350. The van der Waals surface area contributed by atoms with Crippen molar-refractivity contribution >= 4 is 46.3 Å². The maximum atomic E-state index is 11.5. The molecule has 0 bridgehead atoms. The fraction of sp³-hybridized carbons (Fsp3) is 0.263. The van der Waals surface area contributed by atoms with Crippen LogP contribution >= 0.6 is 23.8 Å². The topological polar surface area (TPSA) is 44.8 Å². The fourth-order valence-electron chi connectivity index (χ4n) is 2.83. The second kappa shape index (κ2) is 8.38. The molecule has 26 heavy (non-hydrogen) atoms. The van der Waals surface area contributed by atoms with Crippen LogP contribution in [0.15, 0.2) is 48.5 Å². The Morgan fingerprint density at radius 2 is 1.65 bits per heavy atom. The molecule has 1 aliphatic rings. The van der Waals surface area contributed by atoms with Crippen LogP contribution in [0.1, 0.15) is 10.4 Å². The number of nitrogens with zero attached hydrogens (tertiary/aromatic N) is 2. The SMILES string of the molecule is COC(=O)c1ccc(NC(=S)N2CCN(c3ccc(Cl)cc3)CC2)cc1. The number of hydrogen-bond acceptors (Lipinski definition) is 4. The molecule has 0 amide bonds. The highest BCUT2D eigenvalue weighted by Crippen LogP contribution is 2.20. The van der Waals surface area contributed by atoms with Crippen molar-refractivity contribution in [3.05, 3.63) is 59.1 Å². The maximum Gasteiger partial charge on any atom is 0.337 e. The summed E-state index contributed by atoms with van der Waals surface area (Å²) in [6.45, 7) is 3.47. The fourth-order valence-corrected chi connectivity index (χ4v) is 3.26. The van der Waals surface area contributed by atoms with Crippen molar-refractivity contribution in [2.45, 2.75) is 0 Å². The number of halogens is 1. The average Bonchev–Trinajstić information content (AvgIpc) is 2.68. The molecule has 0 aromatic heterocycles. The van der Waals surface area contributed by atoms with E-state index in [1.54, 1.807) is 12.1 Å². The van der Waals surface area contributed by atoms with E-state index in [9.17, 15) is 4.79 Å². The Labute approximate surface area is 163 Å². The van der Waals surface area contributed by atoms with Gasteiger partial charge < -0.3 is 19.9 Å². The van der Waals surface area contributed by atoms with Crippen molar-refractivity contribution < 1.29 is 9.53 Å². The van der Waals surface area contributed by atoms with Gasteiger partial charge in [0.1, 0.15) is 0 Å². The van der Waals surface area contributed by atoms with E-state index >= 15 is 0 Å². The lowest BCUT2D eigenvalue weighted by atomic mass is 10.2. The lowest BCUT2D eigenvalue weighted by Gasteiger charge is -2.37. The summed E-state index contributed by atoms with van der Waals surface area (Å²) < 4.78 is 4.70. The molecule has 1 heterocycles. The van der Waals surface area contributed by atoms with Crippen LogP contribution in [-0.4, -0.2) is 49.3 Å². The van der Waals surface area contributed by atoms with Gasteiger partial charge in [0.25, 0.3) is 0 Å². The second-order valence-electron chi connectivity index (χ2n) is 5.95. The van der Waals surface area contributed by atoms with Crippen molar-refractivity contribution in [3.8, 4) is 0 Å². The highest BCUT2D eigenvalue weighted by atomic mass is 35.5. The van der Waals surface area contributed by atoms with Crippen LogP contribution in [0.4, 0.5) is 11.4 Å². The van der Waals surface area contributed by atoms with Gasteiger partial charge in [-0.15, -0.1) is 0 Å². The number of nitrogens with one attached hydrogen (secondary N) is 1. The van der Waals surface area contributed by atoms with E-state index in [2.05, 4.69) is 15.1 Å². The molecule has 0 unspecified atom stereocenters. The summed E-state index contributed by atoms with van der Waals surface area (Å²) in [6, 6.07) is 15.0. The summed E-state index contributed by atoms with van der Waals surface area (Å²) in [7, 11) is 1.37. The number of carbonyl (C=O) groups is 1. The second-order valence-corrected chi connectivity index (χ2v) is 6.77. The third-order valence-corrected chi connectivity index (χ3v) is 4.93. The van der Waals surface area contributed by atoms with Crippen LogP contribution in [0.5, 0.6) is 0 Å². The first-order valence-electron chi connectivity index (χ1n) is 8.31. The summed E-state index contributed by atoms with van der Waals surface area (Å²) in [6.07, 6.45) is 0. The number of rotatable bonds is 3. The maximum absolute atomic E-state index is 11.5. The predicted octanol–water partition coefficient (Wildman–Crippen LogP) is 3.65. The minimum Gasteiger partial charge on any atom is -0.465 e. The third kappa shape index (κ3) is 4.45. The molecule has 5 nitrogen and oxygen atoms in total. The zero-order valence-corrected chi connectivity index (χ0v) is 16.0. The van der Waals surface area contributed by atoms with Crippen LogP contribution < -0.4 is 10.2 Å². The number of anilines is 2. The molecule has 1 aliphatic heterocycles. The number of esters is 1. The van der Waals surface area contributed by atoms with Crippen LogP contribution in [0.25, 0.3) is 0 Å². The molecule has 1 saturated heterocycles. The lowest BCUT2D eigenvalue weighted by Crippen LogP contribution is -2.50. The number of carbonyl (C=O) groups excluding carboxylic acids is 1. The van der Waals surface area contributed by atoms with Crippen molar-refractivity contribution in [2.24, 2.45) is 0 Å². The molecule has 1 fully saturated rings. The van der Waals surface area contributed by atoms with Crippen molar-refractivity contribution in [1.82, 2.24) is 4.90 Å². The molecule has 0 saturated carbocycles. The van der Waals surface area contributed by atoms with Gasteiger partial charge in [0, 0.05) is 42.6 Å². The van der Waals surface area contributed by atoms with E-state index < -0.39 is 0 Å².